The third-order valence-electron chi connectivity index (χ3n) is 6.82. The van der Waals surface area contributed by atoms with Crippen molar-refractivity contribution in [2.24, 2.45) is 5.92 Å². The average Bonchev–Trinajstić information content (AvgIpc) is 2.70. The van der Waals surface area contributed by atoms with Crippen molar-refractivity contribution < 1.29 is 9.59 Å². The number of piperazine rings is 1. The van der Waals surface area contributed by atoms with E-state index in [-0.39, 0.29) is 11.8 Å². The average molecular weight is 379 g/mol. The van der Waals surface area contributed by atoms with Gasteiger partial charge in [-0.1, -0.05) is 6.92 Å². The van der Waals surface area contributed by atoms with Crippen molar-refractivity contribution in [2.75, 3.05) is 59.4 Å². The molecule has 0 N–H and O–H groups in total. The van der Waals surface area contributed by atoms with Crippen LogP contribution < -0.4 is 0 Å². The van der Waals surface area contributed by atoms with Gasteiger partial charge in [0.15, 0.2) is 0 Å². The lowest BCUT2D eigenvalue weighted by Crippen LogP contribution is -2.53. The smallest absolute Gasteiger partial charge is 0.236 e. The zero-order valence-corrected chi connectivity index (χ0v) is 17.4. The van der Waals surface area contributed by atoms with Gasteiger partial charge in [0.2, 0.25) is 11.8 Å². The Kier molecular flexibility index (Phi) is 7.53. The van der Waals surface area contributed by atoms with E-state index in [1.54, 1.807) is 0 Å². The summed E-state index contributed by atoms with van der Waals surface area (Å²) >= 11 is 0. The molecule has 6 nitrogen and oxygen atoms in total. The number of hydrogen-bond donors (Lipinski definition) is 0. The molecule has 3 aliphatic rings. The van der Waals surface area contributed by atoms with Crippen molar-refractivity contribution in [3.05, 3.63) is 0 Å². The van der Waals surface area contributed by atoms with Crippen LogP contribution in [0, 0.1) is 5.92 Å². The van der Waals surface area contributed by atoms with Gasteiger partial charge in [-0.05, 0) is 50.9 Å². The van der Waals surface area contributed by atoms with Gasteiger partial charge in [-0.15, -0.1) is 0 Å². The van der Waals surface area contributed by atoms with Crippen molar-refractivity contribution in [1.29, 1.82) is 0 Å². The second-order valence-electron chi connectivity index (χ2n) is 8.91. The maximum atomic E-state index is 12.7. The number of amides is 2. The van der Waals surface area contributed by atoms with Gasteiger partial charge in [0.05, 0.1) is 13.1 Å². The van der Waals surface area contributed by atoms with Gasteiger partial charge in [-0.2, -0.15) is 0 Å². The molecule has 0 aromatic rings. The molecule has 0 aromatic heterocycles. The largest absolute Gasteiger partial charge is 0.342 e. The molecule has 1 aliphatic carbocycles. The van der Waals surface area contributed by atoms with Gasteiger partial charge in [0.25, 0.3) is 0 Å². The first-order valence-electron chi connectivity index (χ1n) is 11.0. The molecule has 0 bridgehead atoms. The molecule has 6 heteroatoms. The van der Waals surface area contributed by atoms with Crippen molar-refractivity contribution in [2.45, 2.75) is 57.9 Å². The fourth-order valence-electron chi connectivity index (χ4n) is 4.68. The van der Waals surface area contributed by atoms with Crippen LogP contribution in [0.4, 0.5) is 0 Å². The zero-order valence-electron chi connectivity index (χ0n) is 17.4. The topological polar surface area (TPSA) is 47.1 Å². The Morgan fingerprint density at radius 3 is 1.96 bits per heavy atom. The number of likely N-dealkylation sites (tertiary alicyclic amines) is 1. The molecular weight excluding hydrogens is 340 g/mol. The van der Waals surface area contributed by atoms with Crippen LogP contribution in [0.1, 0.15) is 51.9 Å². The van der Waals surface area contributed by atoms with E-state index < -0.39 is 0 Å². The summed E-state index contributed by atoms with van der Waals surface area (Å²) in [6.45, 7) is 8.78. The summed E-state index contributed by atoms with van der Waals surface area (Å²) in [5.74, 6) is 1.35. The number of likely N-dealkylation sites (N-methyl/N-ethyl adjacent to an activating group) is 1. The SMILES string of the molecule is CC1CCC(N(C)C(=O)CN2CCN(CC(=O)N3CCCCC3)CC2)CC1. The minimum atomic E-state index is 0.257. The Hall–Kier alpha value is -1.14. The highest BCUT2D eigenvalue weighted by Crippen LogP contribution is 2.26. The van der Waals surface area contributed by atoms with E-state index in [0.717, 1.165) is 70.9 Å². The van der Waals surface area contributed by atoms with Crippen molar-refractivity contribution in [1.82, 2.24) is 19.6 Å². The van der Waals surface area contributed by atoms with E-state index >= 15 is 0 Å². The summed E-state index contributed by atoms with van der Waals surface area (Å²) < 4.78 is 0. The fourth-order valence-corrected chi connectivity index (χ4v) is 4.68. The van der Waals surface area contributed by atoms with E-state index in [2.05, 4.69) is 16.7 Å². The normalized spacial score (nSPS) is 28.1. The van der Waals surface area contributed by atoms with Crippen LogP contribution in [-0.4, -0.2) is 96.9 Å². The summed E-state index contributed by atoms with van der Waals surface area (Å²) in [7, 11) is 1.98. The Morgan fingerprint density at radius 2 is 1.37 bits per heavy atom. The second-order valence-corrected chi connectivity index (χ2v) is 8.91. The van der Waals surface area contributed by atoms with E-state index in [1.807, 2.05) is 16.8 Å². The molecule has 2 amide bonds. The molecule has 0 atom stereocenters. The van der Waals surface area contributed by atoms with Gasteiger partial charge < -0.3 is 9.80 Å². The molecule has 0 unspecified atom stereocenters. The van der Waals surface area contributed by atoms with Crippen LogP contribution in [0.3, 0.4) is 0 Å². The van der Waals surface area contributed by atoms with Gasteiger partial charge in [0.1, 0.15) is 0 Å². The van der Waals surface area contributed by atoms with E-state index in [9.17, 15) is 9.59 Å². The monoisotopic (exact) mass is 378 g/mol. The lowest BCUT2D eigenvalue weighted by molar-refractivity contribution is -0.136. The number of hydrogen-bond acceptors (Lipinski definition) is 4. The lowest BCUT2D eigenvalue weighted by atomic mass is 9.87. The highest BCUT2D eigenvalue weighted by molar-refractivity contribution is 5.79. The number of rotatable bonds is 5. The zero-order chi connectivity index (χ0) is 19.2. The second kappa shape index (κ2) is 9.87. The van der Waals surface area contributed by atoms with Gasteiger partial charge in [-0.3, -0.25) is 19.4 Å². The number of carbonyl (C=O) groups excluding carboxylic acids is 2. The number of nitrogens with zero attached hydrogens (tertiary/aromatic N) is 4. The molecule has 3 fully saturated rings. The van der Waals surface area contributed by atoms with Crippen LogP contribution >= 0.6 is 0 Å². The summed E-state index contributed by atoms with van der Waals surface area (Å²) in [6, 6.07) is 0.428. The fraction of sp³-hybridized carbons (Fsp3) is 0.905. The number of piperidine rings is 1. The van der Waals surface area contributed by atoms with Crippen LogP contribution in [0.15, 0.2) is 0 Å². The van der Waals surface area contributed by atoms with Gasteiger partial charge in [-0.25, -0.2) is 0 Å². The Balaban J connectivity index is 1.36. The van der Waals surface area contributed by atoms with Crippen molar-refractivity contribution >= 4 is 11.8 Å². The van der Waals surface area contributed by atoms with Crippen molar-refractivity contribution in [3.8, 4) is 0 Å². The standard InChI is InChI=1S/C21H38N4O2/c1-18-6-8-19(9-7-18)22(2)20(26)16-23-12-14-24(15-13-23)17-21(27)25-10-4-3-5-11-25/h18-19H,3-17H2,1-2H3. The maximum Gasteiger partial charge on any atom is 0.236 e. The van der Waals surface area contributed by atoms with Crippen LogP contribution in [-0.2, 0) is 9.59 Å². The van der Waals surface area contributed by atoms with Crippen LogP contribution in [0.2, 0.25) is 0 Å². The Bertz CT molecular complexity index is 490. The summed E-state index contributed by atoms with van der Waals surface area (Å²) in [4.78, 5) is 33.6. The predicted octanol–water partition coefficient (Wildman–Crippen LogP) is 1.65. The molecule has 0 spiro atoms. The molecular formula is C21H38N4O2. The van der Waals surface area contributed by atoms with E-state index in [0.29, 0.717) is 19.1 Å². The molecule has 2 heterocycles. The molecule has 1 saturated carbocycles. The van der Waals surface area contributed by atoms with Crippen LogP contribution in [0.25, 0.3) is 0 Å². The summed E-state index contributed by atoms with van der Waals surface area (Å²) in [5, 5.41) is 0. The maximum absolute atomic E-state index is 12.7. The first-order chi connectivity index (χ1) is 13.0. The highest BCUT2D eigenvalue weighted by Gasteiger charge is 2.27. The molecule has 0 aromatic carbocycles. The molecule has 2 saturated heterocycles. The minimum Gasteiger partial charge on any atom is -0.342 e. The van der Waals surface area contributed by atoms with Crippen molar-refractivity contribution in [3.63, 3.8) is 0 Å². The molecule has 2 aliphatic heterocycles. The molecule has 3 rings (SSSR count). The summed E-state index contributed by atoms with van der Waals surface area (Å²) in [6.07, 6.45) is 8.33. The number of carbonyl (C=O) groups is 2. The van der Waals surface area contributed by atoms with E-state index in [4.69, 9.17) is 0 Å². The summed E-state index contributed by atoms with van der Waals surface area (Å²) in [5.41, 5.74) is 0. The van der Waals surface area contributed by atoms with Gasteiger partial charge in [0, 0.05) is 52.4 Å². The molecule has 27 heavy (non-hydrogen) atoms. The first-order valence-corrected chi connectivity index (χ1v) is 11.0. The molecule has 0 radical (unpaired) electrons. The third-order valence-corrected chi connectivity index (χ3v) is 6.82. The third kappa shape index (κ3) is 5.92. The minimum absolute atomic E-state index is 0.257. The highest BCUT2D eigenvalue weighted by atomic mass is 16.2. The van der Waals surface area contributed by atoms with Gasteiger partial charge >= 0.3 is 0 Å². The molecule has 154 valence electrons. The van der Waals surface area contributed by atoms with Crippen LogP contribution in [0.5, 0.6) is 0 Å². The van der Waals surface area contributed by atoms with E-state index in [1.165, 1.54) is 19.3 Å². The first kappa shape index (κ1) is 20.6. The predicted molar refractivity (Wildman–Crippen MR) is 108 cm³/mol. The lowest BCUT2D eigenvalue weighted by Gasteiger charge is -2.38. The Labute approximate surface area is 164 Å². The quantitative estimate of drug-likeness (QED) is 0.730. The Morgan fingerprint density at radius 1 is 0.815 bits per heavy atom.